The second kappa shape index (κ2) is 6.72. The average Bonchev–Trinajstić information content (AvgIpc) is 2.62. The van der Waals surface area contributed by atoms with Gasteiger partial charge in [-0.3, -0.25) is 4.79 Å². The lowest BCUT2D eigenvalue weighted by Crippen LogP contribution is -2.45. The lowest BCUT2D eigenvalue weighted by molar-refractivity contribution is -0.137. The molecule has 1 N–H and O–H groups in total. The summed E-state index contributed by atoms with van der Waals surface area (Å²) in [5, 5.41) is 10.8. The van der Waals surface area contributed by atoms with Crippen molar-refractivity contribution < 1.29 is 27.5 Å². The number of piperidine rings is 1. The fraction of sp³-hybridized carbons (Fsp3) is 0.316. The van der Waals surface area contributed by atoms with Gasteiger partial charge >= 0.3 is 6.18 Å². The van der Waals surface area contributed by atoms with E-state index in [-0.39, 0.29) is 37.4 Å². The lowest BCUT2D eigenvalue weighted by atomic mass is 9.83. The van der Waals surface area contributed by atoms with Crippen molar-refractivity contribution in [2.45, 2.75) is 24.6 Å². The first kappa shape index (κ1) is 18.4. The van der Waals surface area contributed by atoms with E-state index >= 15 is 0 Å². The zero-order valence-corrected chi connectivity index (χ0v) is 13.8. The van der Waals surface area contributed by atoms with Crippen molar-refractivity contribution in [3.63, 3.8) is 0 Å². The molecule has 26 heavy (non-hydrogen) atoms. The number of aliphatic hydroxyl groups is 1. The Morgan fingerprint density at radius 1 is 1.04 bits per heavy atom. The van der Waals surface area contributed by atoms with E-state index in [2.05, 4.69) is 0 Å². The normalized spacial score (nSPS) is 17.2. The molecular weight excluding hydrogens is 350 g/mol. The van der Waals surface area contributed by atoms with E-state index in [0.717, 1.165) is 12.1 Å². The van der Waals surface area contributed by atoms with Gasteiger partial charge in [0.2, 0.25) is 0 Å². The minimum Gasteiger partial charge on any atom is -0.385 e. The Bertz CT molecular complexity index is 794. The van der Waals surface area contributed by atoms with Crippen LogP contribution in [0.2, 0.25) is 0 Å². The maximum Gasteiger partial charge on any atom is 0.416 e. The molecular formula is C19H17F4NO2. The summed E-state index contributed by atoms with van der Waals surface area (Å²) in [4.78, 5) is 13.9. The van der Waals surface area contributed by atoms with Gasteiger partial charge in [-0.15, -0.1) is 0 Å². The third kappa shape index (κ3) is 3.72. The smallest absolute Gasteiger partial charge is 0.385 e. The van der Waals surface area contributed by atoms with Crippen LogP contribution in [0.25, 0.3) is 0 Å². The number of carbonyl (C=O) groups is 1. The van der Waals surface area contributed by atoms with E-state index in [4.69, 9.17) is 0 Å². The molecule has 2 aromatic rings. The number of halogens is 4. The minimum atomic E-state index is -4.48. The van der Waals surface area contributed by atoms with Gasteiger partial charge in [-0.1, -0.05) is 12.1 Å². The Balaban J connectivity index is 1.73. The van der Waals surface area contributed by atoms with Crippen molar-refractivity contribution in [1.82, 2.24) is 4.90 Å². The van der Waals surface area contributed by atoms with E-state index in [9.17, 15) is 27.5 Å². The fourth-order valence-corrected chi connectivity index (χ4v) is 3.13. The number of amides is 1. The van der Waals surface area contributed by atoms with Crippen LogP contribution < -0.4 is 0 Å². The van der Waals surface area contributed by atoms with E-state index in [1.165, 1.54) is 41.3 Å². The van der Waals surface area contributed by atoms with Crippen LogP contribution in [-0.2, 0) is 11.8 Å². The molecule has 3 nitrogen and oxygen atoms in total. The number of benzene rings is 2. The van der Waals surface area contributed by atoms with Gasteiger partial charge < -0.3 is 10.0 Å². The molecule has 0 atom stereocenters. The van der Waals surface area contributed by atoms with Gasteiger partial charge in [0.15, 0.2) is 0 Å². The van der Waals surface area contributed by atoms with Crippen molar-refractivity contribution >= 4 is 5.91 Å². The summed E-state index contributed by atoms with van der Waals surface area (Å²) in [7, 11) is 0. The molecule has 0 unspecified atom stereocenters. The maximum atomic E-state index is 13.0. The molecule has 0 aliphatic carbocycles. The Morgan fingerprint density at radius 3 is 2.23 bits per heavy atom. The standard InChI is InChI=1S/C19H17F4NO2/c20-16-6-4-13(5-7-16)17(25)24-10-8-18(26,9-11-24)14-2-1-3-15(12-14)19(21,22)23/h1-7,12,26H,8-11H2. The first-order valence-corrected chi connectivity index (χ1v) is 8.14. The topological polar surface area (TPSA) is 40.5 Å². The molecule has 0 spiro atoms. The highest BCUT2D eigenvalue weighted by atomic mass is 19.4. The van der Waals surface area contributed by atoms with Gasteiger partial charge in [0.25, 0.3) is 5.91 Å². The van der Waals surface area contributed by atoms with Crippen molar-refractivity contribution in [3.05, 3.63) is 71.0 Å². The van der Waals surface area contributed by atoms with Gasteiger partial charge in [-0.2, -0.15) is 13.2 Å². The predicted molar refractivity (Wildman–Crippen MR) is 86.9 cm³/mol. The molecule has 1 aliphatic rings. The predicted octanol–water partition coefficient (Wildman–Crippen LogP) is 3.97. The number of hydrogen-bond acceptors (Lipinski definition) is 2. The molecule has 1 fully saturated rings. The van der Waals surface area contributed by atoms with Crippen LogP contribution >= 0.6 is 0 Å². The molecule has 138 valence electrons. The highest BCUT2D eigenvalue weighted by Gasteiger charge is 2.38. The molecule has 0 bridgehead atoms. The van der Waals surface area contributed by atoms with E-state index in [1.807, 2.05) is 0 Å². The number of hydrogen-bond donors (Lipinski definition) is 1. The number of carbonyl (C=O) groups excluding carboxylic acids is 1. The zero-order valence-electron chi connectivity index (χ0n) is 13.8. The molecule has 0 saturated carbocycles. The second-order valence-corrected chi connectivity index (χ2v) is 6.41. The third-order valence-corrected chi connectivity index (χ3v) is 4.70. The fourth-order valence-electron chi connectivity index (χ4n) is 3.13. The van der Waals surface area contributed by atoms with Gasteiger partial charge in [0, 0.05) is 18.7 Å². The summed E-state index contributed by atoms with van der Waals surface area (Å²) >= 11 is 0. The molecule has 0 aromatic heterocycles. The molecule has 1 heterocycles. The zero-order chi connectivity index (χ0) is 18.9. The molecule has 1 amide bonds. The largest absolute Gasteiger partial charge is 0.416 e. The van der Waals surface area contributed by atoms with Crippen LogP contribution in [-0.4, -0.2) is 29.0 Å². The van der Waals surface area contributed by atoms with E-state index < -0.39 is 23.2 Å². The van der Waals surface area contributed by atoms with Gasteiger partial charge in [-0.05, 0) is 54.8 Å². The van der Waals surface area contributed by atoms with Gasteiger partial charge in [-0.25, -0.2) is 4.39 Å². The summed E-state index contributed by atoms with van der Waals surface area (Å²) < 4.78 is 51.6. The Morgan fingerprint density at radius 2 is 1.65 bits per heavy atom. The first-order chi connectivity index (χ1) is 12.2. The molecule has 1 saturated heterocycles. The highest BCUT2D eigenvalue weighted by molar-refractivity contribution is 5.94. The second-order valence-electron chi connectivity index (χ2n) is 6.41. The summed E-state index contributed by atoms with van der Waals surface area (Å²) in [6.07, 6.45) is -4.23. The van der Waals surface area contributed by atoms with Crippen molar-refractivity contribution in [1.29, 1.82) is 0 Å². The first-order valence-electron chi connectivity index (χ1n) is 8.14. The van der Waals surface area contributed by atoms with Crippen molar-refractivity contribution in [2.24, 2.45) is 0 Å². The lowest BCUT2D eigenvalue weighted by Gasteiger charge is -2.38. The molecule has 1 aliphatic heterocycles. The highest BCUT2D eigenvalue weighted by Crippen LogP contribution is 2.37. The Labute approximate surface area is 147 Å². The number of likely N-dealkylation sites (tertiary alicyclic amines) is 1. The van der Waals surface area contributed by atoms with E-state index in [0.29, 0.717) is 5.56 Å². The summed E-state index contributed by atoms with van der Waals surface area (Å²) in [6.45, 7) is 0.395. The molecule has 0 radical (unpaired) electrons. The number of rotatable bonds is 2. The molecule has 3 rings (SSSR count). The molecule has 7 heteroatoms. The number of nitrogens with zero attached hydrogens (tertiary/aromatic N) is 1. The van der Waals surface area contributed by atoms with Crippen molar-refractivity contribution in [2.75, 3.05) is 13.1 Å². The Hall–Kier alpha value is -2.41. The quantitative estimate of drug-likeness (QED) is 0.816. The SMILES string of the molecule is O=C(c1ccc(F)cc1)N1CCC(O)(c2cccc(C(F)(F)F)c2)CC1. The van der Waals surface area contributed by atoms with Crippen LogP contribution in [0.1, 0.15) is 34.3 Å². The monoisotopic (exact) mass is 367 g/mol. The van der Waals surface area contributed by atoms with Crippen LogP contribution in [0.4, 0.5) is 17.6 Å². The summed E-state index contributed by atoms with van der Waals surface area (Å²) in [6, 6.07) is 9.79. The van der Waals surface area contributed by atoms with Crippen molar-refractivity contribution in [3.8, 4) is 0 Å². The Kier molecular flexibility index (Phi) is 4.75. The van der Waals surface area contributed by atoms with E-state index in [1.54, 1.807) is 0 Å². The number of alkyl halides is 3. The van der Waals surface area contributed by atoms with Crippen LogP contribution in [0, 0.1) is 5.82 Å². The van der Waals surface area contributed by atoms with Gasteiger partial charge in [0.1, 0.15) is 5.82 Å². The van der Waals surface area contributed by atoms with Crippen LogP contribution in [0.15, 0.2) is 48.5 Å². The van der Waals surface area contributed by atoms with Crippen LogP contribution in [0.5, 0.6) is 0 Å². The maximum absolute atomic E-state index is 13.0. The van der Waals surface area contributed by atoms with Gasteiger partial charge in [0.05, 0.1) is 11.2 Å². The minimum absolute atomic E-state index is 0.126. The third-order valence-electron chi connectivity index (χ3n) is 4.70. The van der Waals surface area contributed by atoms with Crippen LogP contribution in [0.3, 0.4) is 0 Å². The summed E-state index contributed by atoms with van der Waals surface area (Å²) in [5.41, 5.74) is -1.70. The molecule has 2 aromatic carbocycles. The average molecular weight is 367 g/mol. The summed E-state index contributed by atoms with van der Waals surface area (Å²) in [5.74, 6) is -0.741.